The fourth-order valence-corrected chi connectivity index (χ4v) is 5.06. The minimum Gasteiger partial charge on any atom is -0.493 e. The predicted molar refractivity (Wildman–Crippen MR) is 143 cm³/mol. The first-order valence-corrected chi connectivity index (χ1v) is 12.4. The first-order chi connectivity index (χ1) is 18.3. The van der Waals surface area contributed by atoms with Crippen molar-refractivity contribution in [2.24, 2.45) is 11.8 Å². The molecule has 3 unspecified atom stereocenters. The molecule has 0 spiro atoms. The Bertz CT molecular complexity index is 1320. The van der Waals surface area contributed by atoms with Crippen LogP contribution in [0.15, 0.2) is 42.5 Å². The third-order valence-corrected chi connectivity index (χ3v) is 7.28. The van der Waals surface area contributed by atoms with Crippen molar-refractivity contribution in [2.45, 2.75) is 26.4 Å². The Morgan fingerprint density at radius 3 is 1.92 bits per heavy atom. The molecular weight excluding hydrogens is 488 g/mol. The van der Waals surface area contributed by atoms with Gasteiger partial charge in [-0.2, -0.15) is 0 Å². The Morgan fingerprint density at radius 2 is 1.34 bits per heavy atom. The van der Waals surface area contributed by atoms with Gasteiger partial charge in [-0.05, 0) is 53.6 Å². The molecule has 0 fully saturated rings. The highest BCUT2D eigenvalue weighted by molar-refractivity contribution is 5.95. The van der Waals surface area contributed by atoms with Gasteiger partial charge in [0.15, 0.2) is 23.0 Å². The molecule has 1 aliphatic rings. The maximum atomic E-state index is 13.4. The van der Waals surface area contributed by atoms with Crippen molar-refractivity contribution in [3.63, 3.8) is 0 Å². The lowest BCUT2D eigenvalue weighted by atomic mass is 9.76. The maximum absolute atomic E-state index is 13.4. The molecule has 1 aliphatic carbocycles. The number of carbonyl (C=O) groups excluding carboxylic acids is 1. The molecule has 0 saturated heterocycles. The van der Waals surface area contributed by atoms with Crippen molar-refractivity contribution in [1.29, 1.82) is 0 Å². The van der Waals surface area contributed by atoms with Gasteiger partial charge >= 0.3 is 5.97 Å². The van der Waals surface area contributed by atoms with E-state index in [9.17, 15) is 9.90 Å². The van der Waals surface area contributed by atoms with Gasteiger partial charge in [-0.25, -0.2) is 4.79 Å². The number of rotatable bonds is 7. The zero-order valence-electron chi connectivity index (χ0n) is 22.8. The molecule has 0 heterocycles. The molecule has 0 amide bonds. The third-order valence-electron chi connectivity index (χ3n) is 7.28. The summed E-state index contributed by atoms with van der Waals surface area (Å²) in [6, 6.07) is 12.3. The number of ether oxygens (including phenoxy) is 6. The normalized spacial score (nSPS) is 18.3. The summed E-state index contributed by atoms with van der Waals surface area (Å²) in [6.07, 6.45) is -0.302. The Balaban J connectivity index is 2.15. The minimum atomic E-state index is -0.903. The van der Waals surface area contributed by atoms with Gasteiger partial charge < -0.3 is 33.5 Å². The molecular formula is C30H34O8. The molecule has 3 atom stereocenters. The summed E-state index contributed by atoms with van der Waals surface area (Å²) in [4.78, 5) is 13.4. The predicted octanol–water partition coefficient (Wildman–Crippen LogP) is 5.48. The fraction of sp³-hybridized carbons (Fsp3) is 0.367. The average molecular weight is 523 g/mol. The van der Waals surface area contributed by atoms with Gasteiger partial charge in [0.1, 0.15) is 0 Å². The standard InChI is InChI=1S/C30H34O8/c1-16-13-19-14-21(33-3)26(35-5)28(37-7)23(19)24-20(25(31)17(16)2)15-22(34-4)27(36-6)29(24)38-30(32)18-11-9-8-10-12-18/h8-12,14-17,25,31H,13H2,1-7H3. The molecule has 38 heavy (non-hydrogen) atoms. The average Bonchev–Trinajstić information content (AvgIpc) is 2.94. The molecule has 1 N–H and O–H groups in total. The van der Waals surface area contributed by atoms with E-state index in [4.69, 9.17) is 28.4 Å². The zero-order chi connectivity index (χ0) is 27.6. The van der Waals surface area contributed by atoms with E-state index in [1.807, 2.05) is 19.1 Å². The molecule has 0 aromatic heterocycles. The summed E-state index contributed by atoms with van der Waals surface area (Å²) < 4.78 is 34.7. The lowest BCUT2D eigenvalue weighted by molar-refractivity contribution is 0.0722. The number of esters is 1. The number of methoxy groups -OCH3 is 5. The Kier molecular flexibility index (Phi) is 8.02. The lowest BCUT2D eigenvalue weighted by Gasteiger charge is -2.33. The van der Waals surface area contributed by atoms with Crippen molar-refractivity contribution in [3.05, 3.63) is 59.2 Å². The molecule has 0 aliphatic heterocycles. The van der Waals surface area contributed by atoms with Crippen LogP contribution in [-0.4, -0.2) is 46.6 Å². The quantitative estimate of drug-likeness (QED) is 0.322. The van der Waals surface area contributed by atoms with Crippen LogP contribution >= 0.6 is 0 Å². The first-order valence-electron chi connectivity index (χ1n) is 12.4. The lowest BCUT2D eigenvalue weighted by Crippen LogP contribution is -2.23. The number of carbonyl (C=O) groups is 1. The van der Waals surface area contributed by atoms with Crippen LogP contribution in [0.4, 0.5) is 0 Å². The summed E-state index contributed by atoms with van der Waals surface area (Å²) in [7, 11) is 7.60. The molecule has 3 aromatic carbocycles. The monoisotopic (exact) mass is 522 g/mol. The Labute approximate surface area is 223 Å². The summed E-state index contributed by atoms with van der Waals surface area (Å²) in [5.74, 6) is 1.29. The van der Waals surface area contributed by atoms with Crippen LogP contribution in [-0.2, 0) is 6.42 Å². The van der Waals surface area contributed by atoms with E-state index in [2.05, 4.69) is 6.92 Å². The van der Waals surface area contributed by atoms with Crippen molar-refractivity contribution in [2.75, 3.05) is 35.5 Å². The van der Waals surface area contributed by atoms with E-state index in [1.54, 1.807) is 37.4 Å². The summed E-state index contributed by atoms with van der Waals surface area (Å²) in [5.41, 5.74) is 2.85. The van der Waals surface area contributed by atoms with Crippen LogP contribution in [0.3, 0.4) is 0 Å². The van der Waals surface area contributed by atoms with Crippen LogP contribution in [0.2, 0.25) is 0 Å². The van der Waals surface area contributed by atoms with Crippen LogP contribution in [0.1, 0.15) is 41.4 Å². The van der Waals surface area contributed by atoms with Gasteiger partial charge in [-0.3, -0.25) is 0 Å². The Morgan fingerprint density at radius 1 is 0.763 bits per heavy atom. The van der Waals surface area contributed by atoms with Crippen molar-refractivity contribution in [1.82, 2.24) is 0 Å². The van der Waals surface area contributed by atoms with Gasteiger partial charge in [0.25, 0.3) is 0 Å². The van der Waals surface area contributed by atoms with Crippen LogP contribution < -0.4 is 28.4 Å². The van der Waals surface area contributed by atoms with Crippen molar-refractivity contribution >= 4 is 5.97 Å². The van der Waals surface area contributed by atoms with Crippen LogP contribution in [0.25, 0.3) is 11.1 Å². The maximum Gasteiger partial charge on any atom is 0.343 e. The highest BCUT2D eigenvalue weighted by Gasteiger charge is 2.37. The largest absolute Gasteiger partial charge is 0.493 e. The van der Waals surface area contributed by atoms with Gasteiger partial charge in [0.05, 0.1) is 47.2 Å². The molecule has 4 rings (SSSR count). The molecule has 3 aromatic rings. The molecule has 0 radical (unpaired) electrons. The third kappa shape index (κ3) is 4.60. The smallest absolute Gasteiger partial charge is 0.343 e. The highest BCUT2D eigenvalue weighted by Crippen LogP contribution is 2.57. The highest BCUT2D eigenvalue weighted by atomic mass is 16.6. The number of fused-ring (bicyclic) bond motifs is 3. The van der Waals surface area contributed by atoms with E-state index in [0.717, 1.165) is 5.56 Å². The molecule has 8 heteroatoms. The number of hydrogen-bond donors (Lipinski definition) is 1. The number of hydrogen-bond acceptors (Lipinski definition) is 8. The van der Waals surface area contributed by atoms with Gasteiger partial charge in [-0.1, -0.05) is 32.0 Å². The number of aliphatic hydroxyl groups excluding tert-OH is 1. The Hall–Kier alpha value is -3.91. The second-order valence-corrected chi connectivity index (χ2v) is 9.33. The van der Waals surface area contributed by atoms with Crippen molar-refractivity contribution in [3.8, 4) is 45.6 Å². The first kappa shape index (κ1) is 27.1. The van der Waals surface area contributed by atoms with Gasteiger partial charge in [0.2, 0.25) is 11.5 Å². The second kappa shape index (κ2) is 11.2. The topological polar surface area (TPSA) is 92.7 Å². The van der Waals surface area contributed by atoms with E-state index < -0.39 is 12.1 Å². The second-order valence-electron chi connectivity index (χ2n) is 9.33. The van der Waals surface area contributed by atoms with Crippen molar-refractivity contribution < 1.29 is 38.3 Å². The molecule has 0 bridgehead atoms. The van der Waals surface area contributed by atoms with Crippen LogP contribution in [0, 0.1) is 11.8 Å². The SMILES string of the molecule is COc1cc2c(c(OC)c1OC)-c1c(cc(OC)c(OC)c1OC(=O)c1ccccc1)C(O)C(C)C(C)C2. The summed E-state index contributed by atoms with van der Waals surface area (Å²) in [5, 5.41) is 11.6. The van der Waals surface area contributed by atoms with Gasteiger partial charge in [-0.15, -0.1) is 0 Å². The molecule has 8 nitrogen and oxygen atoms in total. The van der Waals surface area contributed by atoms with E-state index in [-0.39, 0.29) is 23.3 Å². The van der Waals surface area contributed by atoms with Gasteiger partial charge in [0, 0.05) is 11.1 Å². The van der Waals surface area contributed by atoms with E-state index >= 15 is 0 Å². The minimum absolute atomic E-state index is 0.0862. The molecule has 202 valence electrons. The zero-order valence-corrected chi connectivity index (χ0v) is 22.8. The molecule has 0 saturated carbocycles. The fourth-order valence-electron chi connectivity index (χ4n) is 5.06. The van der Waals surface area contributed by atoms with E-state index in [0.29, 0.717) is 51.7 Å². The summed E-state index contributed by atoms with van der Waals surface area (Å²) >= 11 is 0. The number of aliphatic hydroxyl groups is 1. The number of benzene rings is 3. The van der Waals surface area contributed by atoms with Crippen LogP contribution in [0.5, 0.6) is 34.5 Å². The summed E-state index contributed by atoms with van der Waals surface area (Å²) in [6.45, 7) is 4.08. The van der Waals surface area contributed by atoms with E-state index in [1.165, 1.54) is 28.4 Å².